The average molecular weight is 287 g/mol. The highest BCUT2D eigenvalue weighted by molar-refractivity contribution is 5.25. The van der Waals surface area contributed by atoms with Crippen molar-refractivity contribution in [3.05, 3.63) is 71.0 Å². The minimum atomic E-state index is -0.559. The predicted octanol–water partition coefficient (Wildman–Crippen LogP) is 3.60. The topological polar surface area (TPSA) is 32.3 Å². The van der Waals surface area contributed by atoms with Gasteiger partial charge in [0.05, 0.1) is 6.10 Å². The highest BCUT2D eigenvalue weighted by Gasteiger charge is 2.15. The monoisotopic (exact) mass is 287 g/mol. The van der Waals surface area contributed by atoms with Crippen molar-refractivity contribution < 1.29 is 9.50 Å². The quantitative estimate of drug-likeness (QED) is 0.851. The molecule has 0 radical (unpaired) electrons. The highest BCUT2D eigenvalue weighted by Crippen LogP contribution is 2.18. The van der Waals surface area contributed by atoms with Gasteiger partial charge in [0.15, 0.2) is 0 Å². The van der Waals surface area contributed by atoms with Crippen molar-refractivity contribution in [1.82, 2.24) is 5.32 Å². The summed E-state index contributed by atoms with van der Waals surface area (Å²) in [5.41, 5.74) is 3.17. The summed E-state index contributed by atoms with van der Waals surface area (Å²) in [6, 6.07) is 14.3. The third kappa shape index (κ3) is 4.38. The molecule has 3 heteroatoms. The van der Waals surface area contributed by atoms with Crippen LogP contribution in [0.1, 0.15) is 36.6 Å². The Kier molecular flexibility index (Phi) is 5.48. The Bertz CT molecular complexity index is 550. The summed E-state index contributed by atoms with van der Waals surface area (Å²) in [5, 5.41) is 13.6. The van der Waals surface area contributed by atoms with E-state index in [4.69, 9.17) is 0 Å². The standard InChI is InChI=1S/C18H22FNO/c1-3-14-4-8-16(9-5-14)18(21)13(2)20-12-15-6-10-17(19)11-7-15/h4-11,13,18,20-21H,3,12H2,1-2H3. The second-order valence-corrected chi connectivity index (χ2v) is 5.34. The van der Waals surface area contributed by atoms with E-state index in [1.54, 1.807) is 12.1 Å². The van der Waals surface area contributed by atoms with Crippen molar-refractivity contribution in [2.24, 2.45) is 0 Å². The molecule has 2 aromatic rings. The number of aliphatic hydroxyl groups excluding tert-OH is 1. The number of hydrogen-bond donors (Lipinski definition) is 2. The van der Waals surface area contributed by atoms with Crippen LogP contribution in [0.2, 0.25) is 0 Å². The Labute approximate surface area is 125 Å². The van der Waals surface area contributed by atoms with Crippen molar-refractivity contribution >= 4 is 0 Å². The number of nitrogens with one attached hydrogen (secondary N) is 1. The van der Waals surface area contributed by atoms with Gasteiger partial charge in [0, 0.05) is 12.6 Å². The maximum absolute atomic E-state index is 12.8. The van der Waals surface area contributed by atoms with Crippen LogP contribution in [0.3, 0.4) is 0 Å². The van der Waals surface area contributed by atoms with Gasteiger partial charge in [0.2, 0.25) is 0 Å². The zero-order valence-corrected chi connectivity index (χ0v) is 12.5. The lowest BCUT2D eigenvalue weighted by atomic mass is 10.0. The lowest BCUT2D eigenvalue weighted by Crippen LogP contribution is -2.31. The summed E-state index contributed by atoms with van der Waals surface area (Å²) >= 11 is 0. The van der Waals surface area contributed by atoms with Crippen LogP contribution in [0.15, 0.2) is 48.5 Å². The number of hydrogen-bond acceptors (Lipinski definition) is 2. The molecule has 0 saturated carbocycles. The molecule has 0 bridgehead atoms. The van der Waals surface area contributed by atoms with Crippen molar-refractivity contribution in [2.75, 3.05) is 0 Å². The normalized spacial score (nSPS) is 13.9. The smallest absolute Gasteiger partial charge is 0.123 e. The Morgan fingerprint density at radius 1 is 1.00 bits per heavy atom. The minimum Gasteiger partial charge on any atom is -0.387 e. The van der Waals surface area contributed by atoms with E-state index in [0.29, 0.717) is 6.54 Å². The van der Waals surface area contributed by atoms with Crippen molar-refractivity contribution in [3.63, 3.8) is 0 Å². The fourth-order valence-electron chi connectivity index (χ4n) is 2.23. The van der Waals surface area contributed by atoms with Gasteiger partial charge in [-0.1, -0.05) is 43.3 Å². The van der Waals surface area contributed by atoms with Crippen LogP contribution in [0.4, 0.5) is 4.39 Å². The Morgan fingerprint density at radius 3 is 2.14 bits per heavy atom. The highest BCUT2D eigenvalue weighted by atomic mass is 19.1. The zero-order valence-electron chi connectivity index (χ0n) is 12.5. The van der Waals surface area contributed by atoms with Crippen LogP contribution in [-0.2, 0) is 13.0 Å². The van der Waals surface area contributed by atoms with Gasteiger partial charge in [-0.25, -0.2) is 4.39 Å². The molecule has 2 N–H and O–H groups in total. The molecule has 0 aliphatic rings. The first-order chi connectivity index (χ1) is 10.1. The number of benzene rings is 2. The molecule has 2 rings (SSSR count). The van der Waals surface area contributed by atoms with Gasteiger partial charge in [-0.15, -0.1) is 0 Å². The molecule has 0 fully saturated rings. The molecule has 0 saturated heterocycles. The van der Waals surface area contributed by atoms with Crippen LogP contribution in [0.5, 0.6) is 0 Å². The van der Waals surface area contributed by atoms with Crippen LogP contribution in [0, 0.1) is 5.82 Å². The Morgan fingerprint density at radius 2 is 1.57 bits per heavy atom. The maximum Gasteiger partial charge on any atom is 0.123 e. The lowest BCUT2D eigenvalue weighted by Gasteiger charge is -2.21. The summed E-state index contributed by atoms with van der Waals surface area (Å²) in [6.07, 6.45) is 0.436. The van der Waals surface area contributed by atoms with Crippen LogP contribution in [-0.4, -0.2) is 11.1 Å². The van der Waals surface area contributed by atoms with Crippen molar-refractivity contribution in [3.8, 4) is 0 Å². The Balaban J connectivity index is 1.92. The molecular weight excluding hydrogens is 265 g/mol. The fourth-order valence-corrected chi connectivity index (χ4v) is 2.23. The molecule has 0 heterocycles. The summed E-state index contributed by atoms with van der Waals surface area (Å²) in [7, 11) is 0. The maximum atomic E-state index is 12.8. The van der Waals surface area contributed by atoms with Crippen molar-refractivity contribution in [2.45, 2.75) is 39.0 Å². The molecule has 2 nitrogen and oxygen atoms in total. The SMILES string of the molecule is CCc1ccc(C(O)C(C)NCc2ccc(F)cc2)cc1. The van der Waals surface area contributed by atoms with Gasteiger partial charge in [0.25, 0.3) is 0 Å². The fraction of sp³-hybridized carbons (Fsp3) is 0.333. The first-order valence-electron chi connectivity index (χ1n) is 7.35. The second kappa shape index (κ2) is 7.34. The number of halogens is 1. The van der Waals surface area contributed by atoms with Gasteiger partial charge >= 0.3 is 0 Å². The first kappa shape index (κ1) is 15.7. The zero-order chi connectivity index (χ0) is 15.2. The molecule has 0 amide bonds. The van der Waals surface area contributed by atoms with Crippen LogP contribution in [0.25, 0.3) is 0 Å². The number of aryl methyl sites for hydroxylation is 1. The van der Waals surface area contributed by atoms with E-state index in [0.717, 1.165) is 17.5 Å². The molecule has 21 heavy (non-hydrogen) atoms. The molecule has 0 aromatic heterocycles. The average Bonchev–Trinajstić information content (AvgIpc) is 2.53. The van der Waals surface area contributed by atoms with E-state index >= 15 is 0 Å². The number of rotatable bonds is 6. The molecule has 112 valence electrons. The third-order valence-corrected chi connectivity index (χ3v) is 3.74. The van der Waals surface area contributed by atoms with Gasteiger partial charge in [-0.05, 0) is 42.2 Å². The molecule has 2 unspecified atom stereocenters. The molecule has 0 spiro atoms. The van der Waals surface area contributed by atoms with Gasteiger partial charge in [0.1, 0.15) is 5.82 Å². The van der Waals surface area contributed by atoms with Crippen LogP contribution < -0.4 is 5.32 Å². The second-order valence-electron chi connectivity index (χ2n) is 5.34. The lowest BCUT2D eigenvalue weighted by molar-refractivity contribution is 0.135. The van der Waals surface area contributed by atoms with E-state index in [-0.39, 0.29) is 11.9 Å². The molecule has 2 atom stereocenters. The predicted molar refractivity (Wildman–Crippen MR) is 83.5 cm³/mol. The molecule has 0 aliphatic carbocycles. The first-order valence-corrected chi connectivity index (χ1v) is 7.35. The minimum absolute atomic E-state index is 0.0810. The molecule has 2 aromatic carbocycles. The summed E-state index contributed by atoms with van der Waals surface area (Å²) in [4.78, 5) is 0. The van der Waals surface area contributed by atoms with Crippen molar-refractivity contribution in [1.29, 1.82) is 0 Å². The van der Waals surface area contributed by atoms with Gasteiger partial charge in [-0.2, -0.15) is 0 Å². The van der Waals surface area contributed by atoms with E-state index in [9.17, 15) is 9.50 Å². The third-order valence-electron chi connectivity index (χ3n) is 3.74. The molecule has 0 aliphatic heterocycles. The van der Waals surface area contributed by atoms with E-state index in [1.807, 2.05) is 31.2 Å². The summed E-state index contributed by atoms with van der Waals surface area (Å²) < 4.78 is 12.8. The van der Waals surface area contributed by atoms with Crippen LogP contribution >= 0.6 is 0 Å². The largest absolute Gasteiger partial charge is 0.387 e. The van der Waals surface area contributed by atoms with Gasteiger partial charge < -0.3 is 10.4 Å². The van der Waals surface area contributed by atoms with E-state index in [2.05, 4.69) is 12.2 Å². The molecular formula is C18H22FNO. The van der Waals surface area contributed by atoms with Gasteiger partial charge in [-0.3, -0.25) is 0 Å². The summed E-state index contributed by atoms with van der Waals surface area (Å²) in [6.45, 7) is 4.66. The van der Waals surface area contributed by atoms with E-state index in [1.165, 1.54) is 17.7 Å². The van der Waals surface area contributed by atoms with E-state index < -0.39 is 6.10 Å². The summed E-state index contributed by atoms with van der Waals surface area (Å²) in [5.74, 6) is -0.233. The number of aliphatic hydroxyl groups is 1. The Hall–Kier alpha value is -1.71.